The van der Waals surface area contributed by atoms with E-state index in [0.717, 1.165) is 28.2 Å². The lowest BCUT2D eigenvalue weighted by atomic mass is 9.63. The Kier molecular flexibility index (Phi) is 5.54. The summed E-state index contributed by atoms with van der Waals surface area (Å²) in [5.41, 5.74) is 5.64. The summed E-state index contributed by atoms with van der Waals surface area (Å²) in [7, 11) is 0. The molecule has 6 heteroatoms. The van der Waals surface area contributed by atoms with Crippen LogP contribution in [-0.4, -0.2) is 16.5 Å². The molecule has 0 saturated heterocycles. The predicted molar refractivity (Wildman–Crippen MR) is 140 cm³/mol. The molecule has 0 amide bonds. The van der Waals surface area contributed by atoms with Crippen LogP contribution in [0.3, 0.4) is 0 Å². The number of carbonyl (C=O) groups excluding carboxylic acids is 2. The summed E-state index contributed by atoms with van der Waals surface area (Å²) in [6.07, 6.45) is 2.21. The smallest absolute Gasteiger partial charge is 0.269 e. The van der Waals surface area contributed by atoms with Gasteiger partial charge >= 0.3 is 0 Å². The molecule has 2 aromatic rings. The number of non-ortho nitro benzene ring substituents is 1. The number of nitrogens with zero attached hydrogens (tertiary/aromatic N) is 2. The molecule has 0 N–H and O–H groups in total. The molecule has 5 rings (SSSR count). The standard InChI is InChI=1S/C30H32N2O4/c1-18-6-10-20(11-7-18)31-22-14-29(2,3)16-24(33)27(22)26(19-8-12-21(13-9-19)32(35)36)28-23(31)15-30(4,5)17-25(28)34/h6-13,26H,14-17H2,1-5H3. The summed E-state index contributed by atoms with van der Waals surface area (Å²) in [5.74, 6) is -0.415. The molecule has 0 unspecified atom stereocenters. The second kappa shape index (κ2) is 8.26. The summed E-state index contributed by atoms with van der Waals surface area (Å²) in [4.78, 5) is 40.7. The van der Waals surface area contributed by atoms with Gasteiger partial charge < -0.3 is 4.90 Å². The van der Waals surface area contributed by atoms with E-state index in [2.05, 4.69) is 56.9 Å². The molecule has 0 aromatic heterocycles. The Bertz CT molecular complexity index is 1290. The number of nitro groups is 1. The van der Waals surface area contributed by atoms with Gasteiger partial charge in [0.1, 0.15) is 0 Å². The number of anilines is 1. The van der Waals surface area contributed by atoms with E-state index in [1.54, 1.807) is 12.1 Å². The Labute approximate surface area is 211 Å². The Balaban J connectivity index is 1.80. The summed E-state index contributed by atoms with van der Waals surface area (Å²) >= 11 is 0. The number of allylic oxidation sites excluding steroid dienone is 4. The fourth-order valence-corrected chi connectivity index (χ4v) is 6.09. The first kappa shape index (κ1) is 24.2. The number of hydrogen-bond donors (Lipinski definition) is 0. The summed E-state index contributed by atoms with van der Waals surface area (Å²) in [6, 6.07) is 14.6. The van der Waals surface area contributed by atoms with Crippen molar-refractivity contribution < 1.29 is 14.5 Å². The molecule has 0 saturated carbocycles. The van der Waals surface area contributed by atoms with Crippen LogP contribution < -0.4 is 4.90 Å². The van der Waals surface area contributed by atoms with Crippen LogP contribution in [0.5, 0.6) is 0 Å². The highest BCUT2D eigenvalue weighted by Crippen LogP contribution is 2.55. The number of ketones is 2. The third-order valence-corrected chi connectivity index (χ3v) is 7.64. The van der Waals surface area contributed by atoms with E-state index >= 15 is 0 Å². The van der Waals surface area contributed by atoms with E-state index in [4.69, 9.17) is 0 Å². The first-order valence-corrected chi connectivity index (χ1v) is 12.5. The molecule has 2 aliphatic carbocycles. The van der Waals surface area contributed by atoms with Gasteiger partial charge in [0.2, 0.25) is 0 Å². The van der Waals surface area contributed by atoms with Crippen LogP contribution in [0.15, 0.2) is 71.1 Å². The highest BCUT2D eigenvalue weighted by Gasteiger charge is 2.49. The van der Waals surface area contributed by atoms with E-state index in [0.29, 0.717) is 36.8 Å². The highest BCUT2D eigenvalue weighted by molar-refractivity contribution is 6.08. The van der Waals surface area contributed by atoms with Gasteiger partial charge in [0, 0.05) is 59.1 Å². The number of hydrogen-bond acceptors (Lipinski definition) is 5. The SMILES string of the molecule is Cc1ccc(N2C3=C(C(=O)CC(C)(C)C3)C(c3ccc([N+](=O)[O-])cc3)C3=C2CC(C)(C)CC3=O)cc1. The maximum atomic E-state index is 13.8. The molecule has 3 aliphatic rings. The van der Waals surface area contributed by atoms with Crippen LogP contribution in [0, 0.1) is 27.9 Å². The Morgan fingerprint density at radius 3 is 1.69 bits per heavy atom. The zero-order valence-electron chi connectivity index (χ0n) is 21.6. The lowest BCUT2D eigenvalue weighted by Crippen LogP contribution is -2.44. The summed E-state index contributed by atoms with van der Waals surface area (Å²) < 4.78 is 0. The highest BCUT2D eigenvalue weighted by atomic mass is 16.6. The van der Waals surface area contributed by atoms with E-state index in [1.165, 1.54) is 12.1 Å². The van der Waals surface area contributed by atoms with Gasteiger partial charge in [-0.25, -0.2) is 0 Å². The molecular formula is C30H32N2O4. The molecule has 0 atom stereocenters. The van der Waals surface area contributed by atoms with E-state index in [9.17, 15) is 19.7 Å². The van der Waals surface area contributed by atoms with Crippen molar-refractivity contribution in [3.05, 3.63) is 92.3 Å². The van der Waals surface area contributed by atoms with Crippen LogP contribution in [-0.2, 0) is 9.59 Å². The molecule has 36 heavy (non-hydrogen) atoms. The van der Waals surface area contributed by atoms with Crippen LogP contribution in [0.25, 0.3) is 0 Å². The molecule has 2 aromatic carbocycles. The monoisotopic (exact) mass is 484 g/mol. The second-order valence-electron chi connectivity index (χ2n) is 12.1. The molecule has 1 aliphatic heterocycles. The third-order valence-electron chi connectivity index (χ3n) is 7.64. The predicted octanol–water partition coefficient (Wildman–Crippen LogP) is 6.79. The fourth-order valence-electron chi connectivity index (χ4n) is 6.09. The van der Waals surface area contributed by atoms with Gasteiger partial charge in [-0.3, -0.25) is 19.7 Å². The lowest BCUT2D eigenvalue weighted by Gasteiger charge is -2.49. The lowest BCUT2D eigenvalue weighted by molar-refractivity contribution is -0.384. The quantitative estimate of drug-likeness (QED) is 0.354. The van der Waals surface area contributed by atoms with Crippen molar-refractivity contribution in [1.82, 2.24) is 0 Å². The van der Waals surface area contributed by atoms with Crippen molar-refractivity contribution in [2.45, 2.75) is 66.2 Å². The third kappa shape index (κ3) is 4.08. The number of nitro benzene ring substituents is 1. The molecule has 0 spiro atoms. The van der Waals surface area contributed by atoms with Gasteiger partial charge in [-0.05, 0) is 48.3 Å². The first-order chi connectivity index (χ1) is 16.9. The van der Waals surface area contributed by atoms with Gasteiger partial charge in [0.05, 0.1) is 4.92 Å². The molecule has 186 valence electrons. The van der Waals surface area contributed by atoms with Crippen LogP contribution >= 0.6 is 0 Å². The Morgan fingerprint density at radius 1 is 0.778 bits per heavy atom. The largest absolute Gasteiger partial charge is 0.317 e. The maximum absolute atomic E-state index is 13.8. The fraction of sp³-hybridized carbons (Fsp3) is 0.400. The minimum atomic E-state index is -0.510. The summed E-state index contributed by atoms with van der Waals surface area (Å²) in [6.45, 7) is 10.5. The normalized spacial score (nSPS) is 21.4. The van der Waals surface area contributed by atoms with Gasteiger partial charge in [-0.1, -0.05) is 57.5 Å². The number of carbonyl (C=O) groups is 2. The molecule has 1 heterocycles. The van der Waals surface area contributed by atoms with Crippen LogP contribution in [0.1, 0.15) is 70.4 Å². The number of rotatable bonds is 3. The summed E-state index contributed by atoms with van der Waals surface area (Å²) in [5, 5.41) is 11.3. The van der Waals surface area contributed by atoms with Crippen LogP contribution in [0.2, 0.25) is 0 Å². The zero-order chi connectivity index (χ0) is 26.0. The second-order valence-corrected chi connectivity index (χ2v) is 12.1. The van der Waals surface area contributed by atoms with Crippen molar-refractivity contribution in [3.8, 4) is 0 Å². The van der Waals surface area contributed by atoms with Crippen LogP contribution in [0.4, 0.5) is 11.4 Å². The molecule has 0 bridgehead atoms. The van der Waals surface area contributed by atoms with Crippen molar-refractivity contribution in [3.63, 3.8) is 0 Å². The Morgan fingerprint density at radius 2 is 1.25 bits per heavy atom. The van der Waals surface area contributed by atoms with Crippen molar-refractivity contribution >= 4 is 22.9 Å². The topological polar surface area (TPSA) is 80.5 Å². The number of Topliss-reactive ketones (excluding diaryl/α,β-unsaturated/α-hetero) is 2. The minimum Gasteiger partial charge on any atom is -0.317 e. The van der Waals surface area contributed by atoms with Gasteiger partial charge in [-0.15, -0.1) is 0 Å². The van der Waals surface area contributed by atoms with Gasteiger partial charge in [0.15, 0.2) is 11.6 Å². The van der Waals surface area contributed by atoms with Crippen molar-refractivity contribution in [1.29, 1.82) is 0 Å². The minimum absolute atomic E-state index is 0.00791. The van der Waals surface area contributed by atoms with Gasteiger partial charge in [0.25, 0.3) is 5.69 Å². The number of benzene rings is 2. The van der Waals surface area contributed by atoms with Crippen molar-refractivity contribution in [2.24, 2.45) is 10.8 Å². The van der Waals surface area contributed by atoms with Crippen molar-refractivity contribution in [2.75, 3.05) is 4.90 Å². The molecular weight excluding hydrogens is 452 g/mol. The van der Waals surface area contributed by atoms with E-state index in [1.807, 2.05) is 6.92 Å². The first-order valence-electron chi connectivity index (χ1n) is 12.5. The van der Waals surface area contributed by atoms with Gasteiger partial charge in [-0.2, -0.15) is 0 Å². The van der Waals surface area contributed by atoms with E-state index < -0.39 is 10.8 Å². The zero-order valence-corrected chi connectivity index (χ0v) is 21.6. The number of aryl methyl sites for hydroxylation is 1. The molecule has 0 radical (unpaired) electrons. The average molecular weight is 485 g/mol. The van der Waals surface area contributed by atoms with E-state index in [-0.39, 0.29) is 28.1 Å². The molecule has 6 nitrogen and oxygen atoms in total. The average Bonchev–Trinajstić information content (AvgIpc) is 2.77. The molecule has 0 fully saturated rings. The Hall–Kier alpha value is -3.54. The maximum Gasteiger partial charge on any atom is 0.269 e.